The number of hydrogen-bond acceptors (Lipinski definition) is 6. The van der Waals surface area contributed by atoms with Gasteiger partial charge in [0.25, 0.3) is 0 Å². The highest BCUT2D eigenvalue weighted by Crippen LogP contribution is 2.29. The molecule has 31 heavy (non-hydrogen) atoms. The van der Waals surface area contributed by atoms with Gasteiger partial charge in [-0.3, -0.25) is 4.79 Å². The molecule has 3 aromatic carbocycles. The molecule has 0 unspecified atom stereocenters. The third kappa shape index (κ3) is 5.35. The first kappa shape index (κ1) is 22.2. The number of methoxy groups -OCH3 is 1. The van der Waals surface area contributed by atoms with Crippen LogP contribution in [0.3, 0.4) is 0 Å². The van der Waals surface area contributed by atoms with Crippen LogP contribution in [0.4, 0.5) is 11.4 Å². The highest BCUT2D eigenvalue weighted by atomic mass is 32.2. The van der Waals surface area contributed by atoms with Gasteiger partial charge in [0, 0.05) is 0 Å². The van der Waals surface area contributed by atoms with E-state index >= 15 is 0 Å². The average molecular weight is 441 g/mol. The van der Waals surface area contributed by atoms with E-state index in [1.807, 2.05) is 13.0 Å². The molecular formula is C23H24N2O5S. The van der Waals surface area contributed by atoms with Crippen molar-refractivity contribution in [3.63, 3.8) is 0 Å². The predicted molar refractivity (Wildman–Crippen MR) is 120 cm³/mol. The number of benzene rings is 3. The summed E-state index contributed by atoms with van der Waals surface area (Å²) in [6, 6.07) is 19.7. The summed E-state index contributed by atoms with van der Waals surface area (Å²) in [5.41, 5.74) is 0.891. The minimum Gasteiger partial charge on any atom is -0.497 e. The zero-order chi connectivity index (χ0) is 22.3. The Labute approximate surface area is 181 Å². The van der Waals surface area contributed by atoms with E-state index in [1.165, 1.54) is 25.3 Å². The number of anilines is 2. The Morgan fingerprint density at radius 1 is 0.903 bits per heavy atom. The summed E-state index contributed by atoms with van der Waals surface area (Å²) in [7, 11) is -2.27. The average Bonchev–Trinajstić information content (AvgIpc) is 2.79. The first-order valence-corrected chi connectivity index (χ1v) is 11.2. The molecule has 0 atom stereocenters. The van der Waals surface area contributed by atoms with E-state index < -0.39 is 9.84 Å². The summed E-state index contributed by atoms with van der Waals surface area (Å²) in [5.74, 6) is 0.805. The minimum atomic E-state index is -3.79. The first-order chi connectivity index (χ1) is 15.0. The number of carbonyl (C=O) groups excluding carboxylic acids is 1. The maximum Gasteiger partial charge on any atom is 0.243 e. The molecular weight excluding hydrogens is 416 g/mol. The lowest BCUT2D eigenvalue weighted by molar-refractivity contribution is -0.114. The van der Waals surface area contributed by atoms with E-state index in [4.69, 9.17) is 9.47 Å². The topological polar surface area (TPSA) is 93.7 Å². The van der Waals surface area contributed by atoms with Crippen LogP contribution in [0.2, 0.25) is 0 Å². The van der Waals surface area contributed by atoms with Gasteiger partial charge in [-0.05, 0) is 55.5 Å². The molecule has 8 heteroatoms. The van der Waals surface area contributed by atoms with Gasteiger partial charge in [-0.1, -0.05) is 24.3 Å². The molecule has 0 aromatic heterocycles. The van der Waals surface area contributed by atoms with Gasteiger partial charge < -0.3 is 20.1 Å². The van der Waals surface area contributed by atoms with E-state index in [-0.39, 0.29) is 22.2 Å². The summed E-state index contributed by atoms with van der Waals surface area (Å²) in [6.07, 6.45) is 0. The maximum atomic E-state index is 13.1. The largest absolute Gasteiger partial charge is 0.497 e. The maximum absolute atomic E-state index is 13.1. The van der Waals surface area contributed by atoms with E-state index in [0.29, 0.717) is 29.5 Å². The number of hydrogen-bond donors (Lipinski definition) is 2. The number of carbonyl (C=O) groups is 1. The number of amides is 1. The number of nitrogens with one attached hydrogen (secondary N) is 2. The molecule has 162 valence electrons. The van der Waals surface area contributed by atoms with Crippen LogP contribution in [-0.2, 0) is 14.6 Å². The van der Waals surface area contributed by atoms with Gasteiger partial charge >= 0.3 is 0 Å². The fourth-order valence-electron chi connectivity index (χ4n) is 2.95. The number of ether oxygens (including phenoxy) is 2. The summed E-state index contributed by atoms with van der Waals surface area (Å²) >= 11 is 0. The van der Waals surface area contributed by atoms with Crippen molar-refractivity contribution in [2.24, 2.45) is 0 Å². The minimum absolute atomic E-state index is 0.0858. The van der Waals surface area contributed by atoms with Crippen LogP contribution < -0.4 is 20.1 Å². The molecule has 0 saturated carbocycles. The molecule has 0 aliphatic heterocycles. The standard InChI is InChI=1S/C23H24N2O5S/c1-3-30-21-10-6-4-8-19(21)25-23(26)16-24-20-9-5-7-11-22(20)31(27,28)18-14-12-17(29-2)13-15-18/h4-15,24H,3,16H2,1-2H3,(H,25,26). The Morgan fingerprint density at radius 3 is 2.23 bits per heavy atom. The van der Waals surface area contributed by atoms with Gasteiger partial charge in [-0.2, -0.15) is 0 Å². The van der Waals surface area contributed by atoms with Gasteiger partial charge in [0.15, 0.2) is 0 Å². The SMILES string of the molecule is CCOc1ccccc1NC(=O)CNc1ccccc1S(=O)(=O)c1ccc(OC)cc1. The zero-order valence-corrected chi connectivity index (χ0v) is 18.1. The van der Waals surface area contributed by atoms with Crippen molar-refractivity contribution in [1.82, 2.24) is 0 Å². The molecule has 0 aliphatic rings. The Morgan fingerprint density at radius 2 is 1.55 bits per heavy atom. The van der Waals surface area contributed by atoms with Crippen molar-refractivity contribution >= 4 is 27.1 Å². The second-order valence-electron chi connectivity index (χ2n) is 6.51. The lowest BCUT2D eigenvalue weighted by atomic mass is 10.3. The summed E-state index contributed by atoms with van der Waals surface area (Å²) in [5, 5.41) is 5.70. The van der Waals surface area contributed by atoms with Gasteiger partial charge in [0.05, 0.1) is 41.4 Å². The molecule has 3 aromatic rings. The molecule has 0 aliphatic carbocycles. The summed E-state index contributed by atoms with van der Waals surface area (Å²) in [4.78, 5) is 12.7. The van der Waals surface area contributed by atoms with Crippen molar-refractivity contribution in [2.75, 3.05) is 30.9 Å². The fourth-order valence-corrected chi connectivity index (χ4v) is 4.39. The third-order valence-corrected chi connectivity index (χ3v) is 6.27. The molecule has 7 nitrogen and oxygen atoms in total. The van der Waals surface area contributed by atoms with E-state index in [2.05, 4.69) is 10.6 Å². The molecule has 2 N–H and O–H groups in total. The van der Waals surface area contributed by atoms with Crippen molar-refractivity contribution < 1.29 is 22.7 Å². The van der Waals surface area contributed by atoms with Crippen molar-refractivity contribution in [2.45, 2.75) is 16.7 Å². The number of para-hydroxylation sites is 3. The lowest BCUT2D eigenvalue weighted by Gasteiger charge is -2.14. The van der Waals surface area contributed by atoms with Crippen molar-refractivity contribution in [3.8, 4) is 11.5 Å². The Bertz CT molecular complexity index is 1140. The molecule has 0 fully saturated rings. The van der Waals surface area contributed by atoms with Gasteiger partial charge in [-0.25, -0.2) is 8.42 Å². The second-order valence-corrected chi connectivity index (χ2v) is 8.42. The van der Waals surface area contributed by atoms with E-state index in [0.717, 1.165) is 0 Å². The van der Waals surface area contributed by atoms with Crippen LogP contribution in [0, 0.1) is 0 Å². The third-order valence-electron chi connectivity index (χ3n) is 4.45. The smallest absolute Gasteiger partial charge is 0.243 e. The Hall–Kier alpha value is -3.52. The van der Waals surface area contributed by atoms with Gasteiger partial charge in [-0.15, -0.1) is 0 Å². The van der Waals surface area contributed by atoms with Gasteiger partial charge in [0.1, 0.15) is 11.5 Å². The van der Waals surface area contributed by atoms with Crippen LogP contribution in [0.25, 0.3) is 0 Å². The van der Waals surface area contributed by atoms with Crippen LogP contribution in [0.1, 0.15) is 6.92 Å². The van der Waals surface area contributed by atoms with Crippen LogP contribution >= 0.6 is 0 Å². The number of sulfone groups is 1. The normalized spacial score (nSPS) is 10.9. The van der Waals surface area contributed by atoms with Crippen LogP contribution in [0.15, 0.2) is 82.6 Å². The fraction of sp³-hybridized carbons (Fsp3) is 0.174. The molecule has 0 heterocycles. The van der Waals surface area contributed by atoms with E-state index in [9.17, 15) is 13.2 Å². The molecule has 1 amide bonds. The molecule has 0 spiro atoms. The van der Waals surface area contributed by atoms with Gasteiger partial charge in [0.2, 0.25) is 15.7 Å². The number of rotatable bonds is 9. The zero-order valence-electron chi connectivity index (χ0n) is 17.3. The van der Waals surface area contributed by atoms with E-state index in [1.54, 1.807) is 48.5 Å². The first-order valence-electron chi connectivity index (χ1n) is 9.69. The van der Waals surface area contributed by atoms with Crippen molar-refractivity contribution in [1.29, 1.82) is 0 Å². The second kappa shape index (κ2) is 9.99. The molecule has 0 radical (unpaired) electrons. The monoisotopic (exact) mass is 440 g/mol. The summed E-state index contributed by atoms with van der Waals surface area (Å²) in [6.45, 7) is 2.22. The lowest BCUT2D eigenvalue weighted by Crippen LogP contribution is -2.23. The predicted octanol–water partition coefficient (Wildman–Crippen LogP) is 3.98. The molecule has 0 bridgehead atoms. The van der Waals surface area contributed by atoms with Crippen LogP contribution in [0.5, 0.6) is 11.5 Å². The quantitative estimate of drug-likeness (QED) is 0.523. The summed E-state index contributed by atoms with van der Waals surface area (Å²) < 4.78 is 36.8. The molecule has 0 saturated heterocycles. The Balaban J connectivity index is 1.76. The highest BCUT2D eigenvalue weighted by Gasteiger charge is 2.21. The Kier molecular flexibility index (Phi) is 7.15. The highest BCUT2D eigenvalue weighted by molar-refractivity contribution is 7.91. The van der Waals surface area contributed by atoms with Crippen molar-refractivity contribution in [3.05, 3.63) is 72.8 Å². The van der Waals surface area contributed by atoms with Crippen LogP contribution in [-0.4, -0.2) is 34.6 Å². The molecule has 3 rings (SSSR count).